The molecule has 1 amide bonds. The molecule has 0 aliphatic rings. The predicted octanol–water partition coefficient (Wildman–Crippen LogP) is 4.36. The maximum Gasteiger partial charge on any atom is 0.269 e. The lowest BCUT2D eigenvalue weighted by Crippen LogP contribution is -2.26. The lowest BCUT2D eigenvalue weighted by atomic mass is 10.1. The quantitative estimate of drug-likeness (QED) is 0.803. The van der Waals surface area contributed by atoms with E-state index in [1.54, 1.807) is 12.3 Å². The fraction of sp³-hybridized carbons (Fsp3) is 0.294. The molecule has 2 rings (SSSR count). The van der Waals surface area contributed by atoms with Crippen LogP contribution in [0.5, 0.6) is 0 Å². The highest BCUT2D eigenvalue weighted by Crippen LogP contribution is 2.25. The van der Waals surface area contributed by atoms with Crippen LogP contribution in [0.1, 0.15) is 30.8 Å². The van der Waals surface area contributed by atoms with Crippen molar-refractivity contribution in [2.24, 2.45) is 5.92 Å². The molecule has 0 saturated heterocycles. The maximum absolute atomic E-state index is 12.1. The second-order valence-corrected chi connectivity index (χ2v) is 6.33. The first-order valence-electron chi connectivity index (χ1n) is 7.32. The Bertz CT molecular complexity index is 643. The molecule has 1 aromatic carbocycles. The normalized spacial score (nSPS) is 10.5. The molecule has 0 radical (unpaired) electrons. The van der Waals surface area contributed by atoms with E-state index in [4.69, 9.17) is 0 Å². The van der Waals surface area contributed by atoms with E-state index in [9.17, 15) is 4.79 Å². The molecule has 0 aliphatic carbocycles. The number of amides is 1. The topological polar surface area (TPSA) is 54.0 Å². The molecular weight excluding hydrogens is 342 g/mol. The number of nitrogens with one attached hydrogen (secondary N) is 2. The van der Waals surface area contributed by atoms with Crippen LogP contribution in [0.4, 0.5) is 11.4 Å². The Morgan fingerprint density at radius 1 is 1.27 bits per heavy atom. The molecule has 2 aromatic rings. The Hall–Kier alpha value is -1.88. The summed E-state index contributed by atoms with van der Waals surface area (Å²) in [7, 11) is 0. The van der Waals surface area contributed by atoms with E-state index in [2.05, 4.69) is 45.4 Å². The fourth-order valence-electron chi connectivity index (χ4n) is 1.92. The van der Waals surface area contributed by atoms with Crippen molar-refractivity contribution in [3.05, 3.63) is 52.8 Å². The molecule has 4 nitrogen and oxygen atoms in total. The summed E-state index contributed by atoms with van der Waals surface area (Å²) >= 11 is 3.49. The van der Waals surface area contributed by atoms with Crippen molar-refractivity contribution in [3.63, 3.8) is 0 Å². The Kier molecular flexibility index (Phi) is 5.95. The Morgan fingerprint density at radius 3 is 2.77 bits per heavy atom. The molecule has 2 N–H and O–H groups in total. The number of halogens is 1. The van der Waals surface area contributed by atoms with Gasteiger partial charge in [-0.1, -0.05) is 26.0 Å². The zero-order valence-electron chi connectivity index (χ0n) is 12.8. The number of carbonyl (C=O) groups is 1. The molecule has 0 saturated carbocycles. The number of hydrogen-bond acceptors (Lipinski definition) is 3. The molecule has 0 aliphatic heterocycles. The van der Waals surface area contributed by atoms with Crippen molar-refractivity contribution in [2.45, 2.75) is 20.3 Å². The van der Waals surface area contributed by atoms with E-state index < -0.39 is 0 Å². The zero-order valence-corrected chi connectivity index (χ0v) is 14.4. The second-order valence-electron chi connectivity index (χ2n) is 5.47. The largest absolute Gasteiger partial charge is 0.354 e. The van der Waals surface area contributed by atoms with Gasteiger partial charge in [-0.15, -0.1) is 0 Å². The smallest absolute Gasteiger partial charge is 0.269 e. The minimum atomic E-state index is -0.142. The molecule has 1 heterocycles. The molecule has 0 fully saturated rings. The molecule has 22 heavy (non-hydrogen) atoms. The number of carbonyl (C=O) groups excluding carboxylic acids is 1. The first-order chi connectivity index (χ1) is 10.6. The highest BCUT2D eigenvalue weighted by molar-refractivity contribution is 9.10. The van der Waals surface area contributed by atoms with E-state index in [0.717, 1.165) is 22.3 Å². The van der Waals surface area contributed by atoms with Crippen LogP contribution in [-0.4, -0.2) is 17.4 Å². The second kappa shape index (κ2) is 7.94. The minimum absolute atomic E-state index is 0.142. The summed E-state index contributed by atoms with van der Waals surface area (Å²) in [5.41, 5.74) is 2.19. The summed E-state index contributed by atoms with van der Waals surface area (Å²) in [4.78, 5) is 16.2. The number of nitrogens with zero attached hydrogens (tertiary/aromatic N) is 1. The average molecular weight is 362 g/mol. The van der Waals surface area contributed by atoms with E-state index in [0.29, 0.717) is 18.2 Å². The highest BCUT2D eigenvalue weighted by atomic mass is 79.9. The van der Waals surface area contributed by atoms with Crippen LogP contribution in [0.15, 0.2) is 47.1 Å². The summed E-state index contributed by atoms with van der Waals surface area (Å²) < 4.78 is 0.967. The van der Waals surface area contributed by atoms with Crippen LogP contribution in [0.25, 0.3) is 0 Å². The summed E-state index contributed by atoms with van der Waals surface area (Å²) in [5.74, 6) is 0.424. The fourth-order valence-corrected chi connectivity index (χ4v) is 2.30. The zero-order chi connectivity index (χ0) is 15.9. The van der Waals surface area contributed by atoms with Crippen LogP contribution in [0, 0.1) is 5.92 Å². The molecular formula is C17H20BrN3O. The van der Waals surface area contributed by atoms with Crippen LogP contribution in [0.3, 0.4) is 0 Å². The van der Waals surface area contributed by atoms with E-state index in [1.807, 2.05) is 30.3 Å². The molecule has 0 atom stereocenters. The number of aromatic nitrogens is 1. The van der Waals surface area contributed by atoms with Crippen LogP contribution < -0.4 is 10.6 Å². The van der Waals surface area contributed by atoms with Gasteiger partial charge in [0.25, 0.3) is 5.91 Å². The third-order valence-corrected chi connectivity index (χ3v) is 3.84. The van der Waals surface area contributed by atoms with Gasteiger partial charge < -0.3 is 10.6 Å². The van der Waals surface area contributed by atoms with Crippen LogP contribution in [0.2, 0.25) is 0 Å². The van der Waals surface area contributed by atoms with Crippen molar-refractivity contribution < 1.29 is 4.79 Å². The van der Waals surface area contributed by atoms with Gasteiger partial charge in [0, 0.05) is 22.9 Å². The Labute approximate surface area is 139 Å². The predicted molar refractivity (Wildman–Crippen MR) is 93.4 cm³/mol. The number of benzene rings is 1. The van der Waals surface area contributed by atoms with Gasteiger partial charge in [-0.2, -0.15) is 0 Å². The Balaban J connectivity index is 2.03. The maximum atomic E-state index is 12.1. The number of para-hydroxylation sites is 1. The van der Waals surface area contributed by atoms with Gasteiger partial charge in [-0.3, -0.25) is 9.78 Å². The SMILES string of the molecule is CC(C)CCNC(=O)c1cc(Nc2ccccc2Br)ccn1. The van der Waals surface area contributed by atoms with Gasteiger partial charge in [-0.25, -0.2) is 0 Å². The summed E-state index contributed by atoms with van der Waals surface area (Å²) in [6.45, 7) is 4.93. The summed E-state index contributed by atoms with van der Waals surface area (Å²) in [5, 5.41) is 6.17. The monoisotopic (exact) mass is 361 g/mol. The summed E-state index contributed by atoms with van der Waals surface area (Å²) in [6.07, 6.45) is 2.59. The molecule has 0 bridgehead atoms. The van der Waals surface area contributed by atoms with Crippen LogP contribution >= 0.6 is 15.9 Å². The molecule has 5 heteroatoms. The first-order valence-corrected chi connectivity index (χ1v) is 8.11. The van der Waals surface area contributed by atoms with E-state index in [1.165, 1.54) is 0 Å². The molecule has 1 aromatic heterocycles. The minimum Gasteiger partial charge on any atom is -0.354 e. The number of anilines is 2. The third-order valence-electron chi connectivity index (χ3n) is 3.15. The highest BCUT2D eigenvalue weighted by Gasteiger charge is 2.08. The van der Waals surface area contributed by atoms with Crippen LogP contribution in [-0.2, 0) is 0 Å². The van der Waals surface area contributed by atoms with Crippen molar-refractivity contribution in [3.8, 4) is 0 Å². The van der Waals surface area contributed by atoms with Gasteiger partial charge >= 0.3 is 0 Å². The standard InChI is InChI=1S/C17H20BrN3O/c1-12(2)7-9-20-17(22)16-11-13(8-10-19-16)21-15-6-4-3-5-14(15)18/h3-6,8,10-12H,7,9H2,1-2H3,(H,19,21)(H,20,22). The number of rotatable bonds is 6. The average Bonchev–Trinajstić information content (AvgIpc) is 2.49. The van der Waals surface area contributed by atoms with Crippen molar-refractivity contribution >= 4 is 33.2 Å². The number of hydrogen-bond donors (Lipinski definition) is 2. The molecule has 0 spiro atoms. The number of pyridine rings is 1. The van der Waals surface area contributed by atoms with Gasteiger partial charge in [0.15, 0.2) is 0 Å². The van der Waals surface area contributed by atoms with Crippen molar-refractivity contribution in [1.82, 2.24) is 10.3 Å². The first kappa shape index (κ1) is 16.5. The Morgan fingerprint density at radius 2 is 2.05 bits per heavy atom. The van der Waals surface area contributed by atoms with E-state index >= 15 is 0 Å². The van der Waals surface area contributed by atoms with Gasteiger partial charge in [0.05, 0.1) is 5.69 Å². The molecule has 0 unspecified atom stereocenters. The lowest BCUT2D eigenvalue weighted by Gasteiger charge is -2.10. The lowest BCUT2D eigenvalue weighted by molar-refractivity contribution is 0.0947. The van der Waals surface area contributed by atoms with Crippen molar-refractivity contribution in [2.75, 3.05) is 11.9 Å². The van der Waals surface area contributed by atoms with Gasteiger partial charge in [0.1, 0.15) is 5.69 Å². The van der Waals surface area contributed by atoms with Gasteiger partial charge in [-0.05, 0) is 52.5 Å². The van der Waals surface area contributed by atoms with Crippen molar-refractivity contribution in [1.29, 1.82) is 0 Å². The van der Waals surface area contributed by atoms with E-state index in [-0.39, 0.29) is 5.91 Å². The third kappa shape index (κ3) is 4.84. The van der Waals surface area contributed by atoms with Gasteiger partial charge in [0.2, 0.25) is 0 Å². The molecule has 116 valence electrons. The summed E-state index contributed by atoms with van der Waals surface area (Å²) in [6, 6.07) is 11.4.